The van der Waals surface area contributed by atoms with Gasteiger partial charge in [0.25, 0.3) is 0 Å². The second kappa shape index (κ2) is 6.24. The predicted molar refractivity (Wildman–Crippen MR) is 84.5 cm³/mol. The van der Waals surface area contributed by atoms with Gasteiger partial charge in [0.05, 0.1) is 0 Å². The third-order valence-electron chi connectivity index (χ3n) is 4.71. The number of amides is 2. The zero-order chi connectivity index (χ0) is 14.8. The van der Waals surface area contributed by atoms with Gasteiger partial charge < -0.3 is 15.5 Å². The van der Waals surface area contributed by atoms with Crippen LogP contribution in [-0.2, 0) is 0 Å². The maximum absolute atomic E-state index is 12.4. The molecule has 3 rings (SSSR count). The summed E-state index contributed by atoms with van der Waals surface area (Å²) in [7, 11) is 0. The van der Waals surface area contributed by atoms with Crippen molar-refractivity contribution in [3.8, 4) is 0 Å². The Bertz CT molecular complexity index is 491. The fourth-order valence-corrected chi connectivity index (χ4v) is 3.27. The molecule has 0 atom stereocenters. The third-order valence-corrected chi connectivity index (χ3v) is 4.96. The highest BCUT2D eigenvalue weighted by molar-refractivity contribution is 6.30. The number of rotatable bonds is 2. The number of piperidine rings is 1. The molecule has 1 aromatic carbocycles. The van der Waals surface area contributed by atoms with Gasteiger partial charge in [-0.1, -0.05) is 23.7 Å². The van der Waals surface area contributed by atoms with Gasteiger partial charge in [0.15, 0.2) is 0 Å². The van der Waals surface area contributed by atoms with Crippen molar-refractivity contribution in [2.45, 2.75) is 18.8 Å². The minimum absolute atomic E-state index is 0.190. The van der Waals surface area contributed by atoms with Crippen molar-refractivity contribution >= 4 is 17.6 Å². The van der Waals surface area contributed by atoms with E-state index in [0.717, 1.165) is 50.6 Å². The van der Waals surface area contributed by atoms with Gasteiger partial charge in [0, 0.05) is 37.1 Å². The molecule has 1 aromatic rings. The van der Waals surface area contributed by atoms with Crippen LogP contribution in [0.5, 0.6) is 0 Å². The van der Waals surface area contributed by atoms with E-state index in [9.17, 15) is 4.79 Å². The van der Waals surface area contributed by atoms with E-state index in [2.05, 4.69) is 12.1 Å². The van der Waals surface area contributed by atoms with Crippen molar-refractivity contribution < 1.29 is 4.79 Å². The van der Waals surface area contributed by atoms with E-state index in [4.69, 9.17) is 17.3 Å². The van der Waals surface area contributed by atoms with Crippen molar-refractivity contribution in [1.82, 2.24) is 9.80 Å². The van der Waals surface area contributed by atoms with Crippen molar-refractivity contribution in [3.05, 3.63) is 34.9 Å². The Morgan fingerprint density at radius 2 is 1.76 bits per heavy atom. The largest absolute Gasteiger partial charge is 0.330 e. The van der Waals surface area contributed by atoms with Crippen LogP contribution >= 0.6 is 11.6 Å². The first kappa shape index (κ1) is 14.7. The molecule has 114 valence electrons. The Kier molecular flexibility index (Phi) is 4.36. The highest BCUT2D eigenvalue weighted by Gasteiger charge is 2.35. The Morgan fingerprint density at radius 1 is 1.14 bits per heavy atom. The number of halogens is 1. The second-order valence-corrected chi connectivity index (χ2v) is 6.54. The van der Waals surface area contributed by atoms with Crippen LogP contribution in [-0.4, -0.2) is 48.6 Å². The fraction of sp³-hybridized carbons (Fsp3) is 0.562. The molecule has 0 aliphatic carbocycles. The van der Waals surface area contributed by atoms with E-state index in [1.165, 1.54) is 5.56 Å². The number of nitrogens with zero attached hydrogens (tertiary/aromatic N) is 2. The number of carbonyl (C=O) groups excluding carboxylic acids is 1. The maximum Gasteiger partial charge on any atom is 0.320 e. The summed E-state index contributed by atoms with van der Waals surface area (Å²) in [6.07, 6.45) is 2.08. The molecule has 0 unspecified atom stereocenters. The summed E-state index contributed by atoms with van der Waals surface area (Å²) in [5, 5.41) is 0.758. The van der Waals surface area contributed by atoms with Gasteiger partial charge in [-0.05, 0) is 43.0 Å². The van der Waals surface area contributed by atoms with Crippen LogP contribution in [0.15, 0.2) is 24.3 Å². The summed E-state index contributed by atoms with van der Waals surface area (Å²) in [4.78, 5) is 16.3. The van der Waals surface area contributed by atoms with Gasteiger partial charge in [0.2, 0.25) is 0 Å². The SMILES string of the molecule is NCC1CCN(C(=O)N2CC(c3ccc(Cl)cc3)C2)CC1. The molecule has 0 bridgehead atoms. The molecule has 2 aliphatic rings. The summed E-state index contributed by atoms with van der Waals surface area (Å²) in [5.41, 5.74) is 6.96. The van der Waals surface area contributed by atoms with Crippen LogP contribution < -0.4 is 5.73 Å². The minimum Gasteiger partial charge on any atom is -0.330 e. The number of benzene rings is 1. The Morgan fingerprint density at radius 3 is 2.33 bits per heavy atom. The predicted octanol–water partition coefficient (Wildman–Crippen LogP) is 2.53. The summed E-state index contributed by atoms with van der Waals surface area (Å²) in [6, 6.07) is 8.14. The van der Waals surface area contributed by atoms with Crippen molar-refractivity contribution in [3.63, 3.8) is 0 Å². The highest BCUT2D eigenvalue weighted by Crippen LogP contribution is 2.29. The minimum atomic E-state index is 0.190. The molecule has 2 saturated heterocycles. The zero-order valence-electron chi connectivity index (χ0n) is 12.2. The summed E-state index contributed by atoms with van der Waals surface area (Å²) in [5.74, 6) is 1.04. The van der Waals surface area contributed by atoms with E-state index in [0.29, 0.717) is 11.8 Å². The average Bonchev–Trinajstić information content (AvgIpc) is 2.47. The monoisotopic (exact) mass is 307 g/mol. The molecular formula is C16H22ClN3O. The van der Waals surface area contributed by atoms with Crippen molar-refractivity contribution in [2.75, 3.05) is 32.7 Å². The third kappa shape index (κ3) is 3.16. The van der Waals surface area contributed by atoms with E-state index in [1.807, 2.05) is 21.9 Å². The Balaban J connectivity index is 1.49. The molecule has 2 amide bonds. The summed E-state index contributed by atoms with van der Waals surface area (Å²) in [6.45, 7) is 4.07. The summed E-state index contributed by atoms with van der Waals surface area (Å²) < 4.78 is 0. The Labute approximate surface area is 130 Å². The molecule has 0 aromatic heterocycles. The van der Waals surface area contributed by atoms with Crippen LogP contribution in [0.1, 0.15) is 24.3 Å². The molecule has 0 spiro atoms. The van der Waals surface area contributed by atoms with Gasteiger partial charge in [-0.2, -0.15) is 0 Å². The van der Waals surface area contributed by atoms with Crippen LogP contribution in [0.4, 0.5) is 4.79 Å². The topological polar surface area (TPSA) is 49.6 Å². The lowest BCUT2D eigenvalue weighted by molar-refractivity contribution is 0.101. The Hall–Kier alpha value is -1.26. The molecule has 5 heteroatoms. The first-order chi connectivity index (χ1) is 10.2. The standard InChI is InChI=1S/C16H22ClN3O/c17-15-3-1-13(2-4-15)14-10-20(11-14)16(21)19-7-5-12(9-18)6-8-19/h1-4,12,14H,5-11,18H2. The second-order valence-electron chi connectivity index (χ2n) is 6.10. The number of urea groups is 1. The lowest BCUT2D eigenvalue weighted by atomic mass is 9.91. The van der Waals surface area contributed by atoms with E-state index < -0.39 is 0 Å². The lowest BCUT2D eigenvalue weighted by Crippen LogP contribution is -2.55. The molecular weight excluding hydrogens is 286 g/mol. The van der Waals surface area contributed by atoms with Gasteiger partial charge >= 0.3 is 6.03 Å². The average molecular weight is 308 g/mol. The van der Waals surface area contributed by atoms with Crippen LogP contribution in [0.3, 0.4) is 0 Å². The first-order valence-corrected chi connectivity index (χ1v) is 8.04. The van der Waals surface area contributed by atoms with Gasteiger partial charge in [-0.25, -0.2) is 4.79 Å². The van der Waals surface area contributed by atoms with Crippen LogP contribution in [0.2, 0.25) is 5.02 Å². The molecule has 2 heterocycles. The number of carbonyl (C=O) groups is 1. The van der Waals surface area contributed by atoms with Crippen molar-refractivity contribution in [1.29, 1.82) is 0 Å². The number of hydrogen-bond acceptors (Lipinski definition) is 2. The van der Waals surface area contributed by atoms with Crippen LogP contribution in [0.25, 0.3) is 0 Å². The van der Waals surface area contributed by atoms with Crippen LogP contribution in [0, 0.1) is 5.92 Å². The van der Waals surface area contributed by atoms with Gasteiger partial charge in [0.1, 0.15) is 0 Å². The maximum atomic E-state index is 12.4. The molecule has 0 radical (unpaired) electrons. The van der Waals surface area contributed by atoms with E-state index in [-0.39, 0.29) is 6.03 Å². The van der Waals surface area contributed by atoms with E-state index >= 15 is 0 Å². The normalized spacial score (nSPS) is 20.5. The number of likely N-dealkylation sites (tertiary alicyclic amines) is 2. The number of nitrogens with two attached hydrogens (primary N) is 1. The first-order valence-electron chi connectivity index (χ1n) is 7.66. The molecule has 2 aliphatic heterocycles. The smallest absolute Gasteiger partial charge is 0.320 e. The zero-order valence-corrected chi connectivity index (χ0v) is 12.9. The van der Waals surface area contributed by atoms with Crippen molar-refractivity contribution in [2.24, 2.45) is 11.7 Å². The number of hydrogen-bond donors (Lipinski definition) is 1. The van der Waals surface area contributed by atoms with E-state index in [1.54, 1.807) is 0 Å². The van der Waals surface area contributed by atoms with Gasteiger partial charge in [-0.3, -0.25) is 0 Å². The molecule has 2 fully saturated rings. The lowest BCUT2D eigenvalue weighted by Gasteiger charge is -2.43. The summed E-state index contributed by atoms with van der Waals surface area (Å²) >= 11 is 5.90. The highest BCUT2D eigenvalue weighted by atomic mass is 35.5. The molecule has 0 saturated carbocycles. The molecule has 21 heavy (non-hydrogen) atoms. The van der Waals surface area contributed by atoms with Gasteiger partial charge in [-0.15, -0.1) is 0 Å². The molecule has 4 nitrogen and oxygen atoms in total. The quantitative estimate of drug-likeness (QED) is 0.913. The molecule has 2 N–H and O–H groups in total. The fourth-order valence-electron chi connectivity index (χ4n) is 3.14.